The Labute approximate surface area is 154 Å². The summed E-state index contributed by atoms with van der Waals surface area (Å²) in [6.45, 7) is 6.54. The van der Waals surface area contributed by atoms with Crippen LogP contribution in [0.5, 0.6) is 0 Å². The van der Waals surface area contributed by atoms with Gasteiger partial charge in [-0.3, -0.25) is 4.79 Å². The lowest BCUT2D eigenvalue weighted by Crippen LogP contribution is -2.41. The molecule has 0 spiro atoms. The van der Waals surface area contributed by atoms with Crippen molar-refractivity contribution >= 4 is 17.7 Å². The van der Waals surface area contributed by atoms with Crippen molar-refractivity contribution in [1.29, 1.82) is 0 Å². The summed E-state index contributed by atoms with van der Waals surface area (Å²) in [7, 11) is 1.56. The number of nitrogens with zero attached hydrogens (tertiary/aromatic N) is 5. The molecule has 1 aromatic heterocycles. The zero-order chi connectivity index (χ0) is 17.9. The van der Waals surface area contributed by atoms with Gasteiger partial charge < -0.3 is 24.2 Å². The molecule has 0 atom stereocenters. The van der Waals surface area contributed by atoms with Crippen LogP contribution in [0.2, 0.25) is 0 Å². The van der Waals surface area contributed by atoms with Gasteiger partial charge in [0.15, 0.2) is 0 Å². The first-order valence-electron chi connectivity index (χ1n) is 9.50. The fourth-order valence-electron chi connectivity index (χ4n) is 3.91. The molecule has 26 heavy (non-hydrogen) atoms. The number of rotatable bonds is 4. The summed E-state index contributed by atoms with van der Waals surface area (Å²) >= 11 is 0. The molecule has 0 aromatic carbocycles. The highest BCUT2D eigenvalue weighted by atomic mass is 16.5. The van der Waals surface area contributed by atoms with Gasteiger partial charge in [0.25, 0.3) is 0 Å². The highest BCUT2D eigenvalue weighted by Crippen LogP contribution is 2.31. The fourth-order valence-corrected chi connectivity index (χ4v) is 3.91. The largest absolute Gasteiger partial charge is 0.378 e. The van der Waals surface area contributed by atoms with Crippen molar-refractivity contribution in [3.05, 3.63) is 11.3 Å². The quantitative estimate of drug-likeness (QED) is 0.771. The third kappa shape index (κ3) is 3.48. The molecule has 2 saturated heterocycles. The molecule has 0 radical (unpaired) electrons. The van der Waals surface area contributed by atoms with Crippen LogP contribution in [0.4, 0.5) is 11.8 Å². The minimum atomic E-state index is 0.0303. The monoisotopic (exact) mass is 361 g/mol. The lowest BCUT2D eigenvalue weighted by atomic mass is 10.1. The first-order valence-corrected chi connectivity index (χ1v) is 9.50. The molecule has 4 heterocycles. The van der Waals surface area contributed by atoms with Crippen LogP contribution in [-0.2, 0) is 27.2 Å². The number of anilines is 2. The van der Waals surface area contributed by atoms with Crippen LogP contribution in [-0.4, -0.2) is 80.4 Å². The van der Waals surface area contributed by atoms with E-state index in [2.05, 4.69) is 9.80 Å². The first-order chi connectivity index (χ1) is 12.8. The molecule has 3 aliphatic rings. The summed E-state index contributed by atoms with van der Waals surface area (Å²) in [5.41, 5.74) is 2.20. The number of amides is 1. The zero-order valence-electron chi connectivity index (χ0n) is 15.4. The SMILES string of the molecule is COCC(=O)N1CCc2nc(N3CCOCC3)nc(N3CCCC3)c2C1. The molecule has 2 fully saturated rings. The van der Waals surface area contributed by atoms with Gasteiger partial charge in [-0.15, -0.1) is 0 Å². The molecule has 0 aliphatic carbocycles. The van der Waals surface area contributed by atoms with E-state index in [-0.39, 0.29) is 12.5 Å². The Morgan fingerprint density at radius 3 is 2.58 bits per heavy atom. The van der Waals surface area contributed by atoms with E-state index in [4.69, 9.17) is 19.4 Å². The van der Waals surface area contributed by atoms with Crippen LogP contribution >= 0.6 is 0 Å². The average molecular weight is 361 g/mol. The molecular formula is C18H27N5O3. The van der Waals surface area contributed by atoms with Gasteiger partial charge in [0.2, 0.25) is 11.9 Å². The molecule has 0 unspecified atom stereocenters. The van der Waals surface area contributed by atoms with Gasteiger partial charge in [-0.25, -0.2) is 4.98 Å². The van der Waals surface area contributed by atoms with E-state index < -0.39 is 0 Å². The van der Waals surface area contributed by atoms with Crippen LogP contribution in [0, 0.1) is 0 Å². The lowest BCUT2D eigenvalue weighted by molar-refractivity contribution is -0.136. The lowest BCUT2D eigenvalue weighted by Gasteiger charge is -2.34. The van der Waals surface area contributed by atoms with E-state index in [1.165, 1.54) is 12.8 Å². The van der Waals surface area contributed by atoms with Crippen molar-refractivity contribution < 1.29 is 14.3 Å². The zero-order valence-corrected chi connectivity index (χ0v) is 15.4. The van der Waals surface area contributed by atoms with E-state index in [1.54, 1.807) is 7.11 Å². The Hall–Kier alpha value is -1.93. The van der Waals surface area contributed by atoms with Crippen molar-refractivity contribution in [3.63, 3.8) is 0 Å². The highest BCUT2D eigenvalue weighted by molar-refractivity contribution is 5.78. The van der Waals surface area contributed by atoms with Crippen molar-refractivity contribution in [2.45, 2.75) is 25.8 Å². The molecule has 4 rings (SSSR count). The average Bonchev–Trinajstić information content (AvgIpc) is 3.22. The molecule has 8 nitrogen and oxygen atoms in total. The second kappa shape index (κ2) is 7.75. The number of carbonyl (C=O) groups is 1. The number of carbonyl (C=O) groups excluding carboxylic acids is 1. The number of hydrogen-bond acceptors (Lipinski definition) is 7. The van der Waals surface area contributed by atoms with E-state index in [0.29, 0.717) is 13.1 Å². The number of ether oxygens (including phenoxy) is 2. The van der Waals surface area contributed by atoms with E-state index in [1.807, 2.05) is 4.90 Å². The second-order valence-corrected chi connectivity index (χ2v) is 7.06. The predicted octanol–water partition coefficient (Wildman–Crippen LogP) is 0.445. The van der Waals surface area contributed by atoms with Gasteiger partial charge in [0.1, 0.15) is 12.4 Å². The maximum absolute atomic E-state index is 12.3. The van der Waals surface area contributed by atoms with E-state index in [0.717, 1.165) is 68.8 Å². The smallest absolute Gasteiger partial charge is 0.248 e. The topological polar surface area (TPSA) is 71.0 Å². The summed E-state index contributed by atoms with van der Waals surface area (Å²) in [6, 6.07) is 0. The predicted molar refractivity (Wildman–Crippen MR) is 97.5 cm³/mol. The number of fused-ring (bicyclic) bond motifs is 1. The van der Waals surface area contributed by atoms with Gasteiger partial charge in [0.05, 0.1) is 25.5 Å². The van der Waals surface area contributed by atoms with Crippen molar-refractivity contribution in [1.82, 2.24) is 14.9 Å². The summed E-state index contributed by atoms with van der Waals surface area (Å²) in [6.07, 6.45) is 3.15. The van der Waals surface area contributed by atoms with Gasteiger partial charge in [-0.1, -0.05) is 0 Å². The molecule has 3 aliphatic heterocycles. The van der Waals surface area contributed by atoms with Crippen LogP contribution in [0.15, 0.2) is 0 Å². The molecule has 142 valence electrons. The molecule has 0 bridgehead atoms. The summed E-state index contributed by atoms with van der Waals surface area (Å²) in [5, 5.41) is 0. The van der Waals surface area contributed by atoms with Crippen LogP contribution in [0.1, 0.15) is 24.1 Å². The van der Waals surface area contributed by atoms with Crippen LogP contribution < -0.4 is 9.80 Å². The maximum atomic E-state index is 12.3. The van der Waals surface area contributed by atoms with Crippen molar-refractivity contribution in [2.75, 3.05) is 69.5 Å². The number of hydrogen-bond donors (Lipinski definition) is 0. The van der Waals surface area contributed by atoms with Gasteiger partial charge >= 0.3 is 0 Å². The summed E-state index contributed by atoms with van der Waals surface area (Å²) in [4.78, 5) is 28.5. The molecule has 0 N–H and O–H groups in total. The Balaban J connectivity index is 1.66. The van der Waals surface area contributed by atoms with E-state index in [9.17, 15) is 4.79 Å². The summed E-state index contributed by atoms with van der Waals surface area (Å²) < 4.78 is 10.5. The van der Waals surface area contributed by atoms with E-state index >= 15 is 0 Å². The van der Waals surface area contributed by atoms with Crippen molar-refractivity contribution in [2.24, 2.45) is 0 Å². The van der Waals surface area contributed by atoms with Crippen molar-refractivity contribution in [3.8, 4) is 0 Å². The third-order valence-corrected chi connectivity index (χ3v) is 5.35. The second-order valence-electron chi connectivity index (χ2n) is 7.06. The molecule has 0 saturated carbocycles. The van der Waals surface area contributed by atoms with Crippen LogP contribution in [0.3, 0.4) is 0 Å². The molecular weight excluding hydrogens is 334 g/mol. The molecule has 1 aromatic rings. The first kappa shape index (κ1) is 17.5. The standard InChI is InChI=1S/C18H27N5O3/c1-25-13-16(24)23-7-4-15-14(12-23)17(21-5-2-3-6-21)20-18(19-15)22-8-10-26-11-9-22/h2-13H2,1H3. The van der Waals surface area contributed by atoms with Crippen LogP contribution in [0.25, 0.3) is 0 Å². The number of methoxy groups -OCH3 is 1. The van der Waals surface area contributed by atoms with Gasteiger partial charge in [-0.2, -0.15) is 4.98 Å². The molecule has 1 amide bonds. The number of aromatic nitrogens is 2. The minimum Gasteiger partial charge on any atom is -0.378 e. The Bertz CT molecular complexity index is 656. The molecule has 8 heteroatoms. The maximum Gasteiger partial charge on any atom is 0.248 e. The highest BCUT2D eigenvalue weighted by Gasteiger charge is 2.29. The normalized spacial score (nSPS) is 20.4. The minimum absolute atomic E-state index is 0.0303. The van der Waals surface area contributed by atoms with Gasteiger partial charge in [0, 0.05) is 51.8 Å². The number of morpholine rings is 1. The summed E-state index contributed by atoms with van der Waals surface area (Å²) in [5.74, 6) is 1.86. The fraction of sp³-hybridized carbons (Fsp3) is 0.722. The van der Waals surface area contributed by atoms with Gasteiger partial charge in [-0.05, 0) is 12.8 Å². The Kier molecular flexibility index (Phi) is 5.21. The Morgan fingerprint density at radius 2 is 1.85 bits per heavy atom. The Morgan fingerprint density at radius 1 is 1.08 bits per heavy atom. The third-order valence-electron chi connectivity index (χ3n) is 5.35.